The minimum atomic E-state index is -1.29. The summed E-state index contributed by atoms with van der Waals surface area (Å²) in [7, 11) is 1.74. The molecule has 2 aromatic heterocycles. The maximum atomic E-state index is 14.9. The fourth-order valence-electron chi connectivity index (χ4n) is 4.31. The van der Waals surface area contributed by atoms with Gasteiger partial charge < -0.3 is 25.1 Å². The lowest BCUT2D eigenvalue weighted by Gasteiger charge is -2.27. The molecule has 2 unspecified atom stereocenters. The van der Waals surface area contributed by atoms with E-state index in [0.29, 0.717) is 29.2 Å². The summed E-state index contributed by atoms with van der Waals surface area (Å²) in [5, 5.41) is 21.1. The summed E-state index contributed by atoms with van der Waals surface area (Å²) in [6.07, 6.45) is 4.54. The number of amides is 1. The first kappa shape index (κ1) is 21.1. The third-order valence-corrected chi connectivity index (χ3v) is 5.89. The number of aliphatic hydroxyl groups is 2. The van der Waals surface area contributed by atoms with Crippen LogP contribution < -0.4 is 5.73 Å². The standard InChI is InChI=1S/C24H22FN5O3/c1-24(2,33)5-4-12-10-16-15(11-17(12)25)13-8-14(9-13)30-19(18(21(26)32)28-22(16)30)20(31)23-27-6-7-29(23)3/h6-8,10-11,14,20,31,33H,9H2,1-3H3,(H2,26,32). The third-order valence-electron chi connectivity index (χ3n) is 5.89. The molecule has 3 aromatic rings. The number of imidazole rings is 2. The second kappa shape index (κ2) is 7.13. The van der Waals surface area contributed by atoms with Crippen molar-refractivity contribution in [2.45, 2.75) is 38.0 Å². The number of primary amides is 1. The molecule has 0 radical (unpaired) electrons. The van der Waals surface area contributed by atoms with Crippen molar-refractivity contribution in [2.24, 2.45) is 12.8 Å². The highest BCUT2D eigenvalue weighted by Crippen LogP contribution is 2.49. The van der Waals surface area contributed by atoms with Crippen molar-refractivity contribution in [3.05, 3.63) is 64.8 Å². The average Bonchev–Trinajstić information content (AvgIpc) is 3.24. The van der Waals surface area contributed by atoms with Gasteiger partial charge in [-0.05, 0) is 43.5 Å². The SMILES string of the molecule is Cn1ccnc1C(O)c1c(C(N)=O)nc2n1C1C=C(C1)c1cc(F)c(C#CC(C)(C)O)cc1-2. The van der Waals surface area contributed by atoms with E-state index in [0.717, 1.165) is 5.57 Å². The number of benzene rings is 1. The molecular formula is C24H22FN5O3. The van der Waals surface area contributed by atoms with E-state index in [2.05, 4.69) is 21.8 Å². The summed E-state index contributed by atoms with van der Waals surface area (Å²) in [4.78, 5) is 21.1. The van der Waals surface area contributed by atoms with Gasteiger partial charge >= 0.3 is 0 Å². The Kier molecular flexibility index (Phi) is 4.57. The van der Waals surface area contributed by atoms with Crippen LogP contribution in [0, 0.1) is 17.7 Å². The molecule has 4 N–H and O–H groups in total. The molecule has 0 spiro atoms. The molecule has 8 nitrogen and oxygen atoms in total. The molecule has 3 aliphatic rings. The Morgan fingerprint density at radius 3 is 2.70 bits per heavy atom. The number of rotatable bonds is 3. The molecular weight excluding hydrogens is 425 g/mol. The largest absolute Gasteiger partial charge is 0.379 e. The van der Waals surface area contributed by atoms with E-state index < -0.39 is 23.4 Å². The number of nitrogens with zero attached hydrogens (tertiary/aromatic N) is 4. The zero-order chi connectivity index (χ0) is 23.7. The molecule has 6 rings (SSSR count). The third kappa shape index (κ3) is 3.35. The molecule has 33 heavy (non-hydrogen) atoms. The maximum Gasteiger partial charge on any atom is 0.269 e. The number of halogens is 1. The Bertz CT molecular complexity index is 1410. The van der Waals surface area contributed by atoms with Gasteiger partial charge in [0.1, 0.15) is 23.1 Å². The molecule has 2 atom stereocenters. The van der Waals surface area contributed by atoms with Crippen molar-refractivity contribution in [3.8, 4) is 23.2 Å². The van der Waals surface area contributed by atoms with Crippen LogP contribution in [0.4, 0.5) is 4.39 Å². The quantitative estimate of drug-likeness (QED) is 0.531. The molecule has 168 valence electrons. The van der Waals surface area contributed by atoms with Crippen LogP contribution >= 0.6 is 0 Å². The predicted octanol–water partition coefficient (Wildman–Crippen LogP) is 2.07. The molecule has 2 aliphatic heterocycles. The lowest BCUT2D eigenvalue weighted by molar-refractivity contribution is 0.0988. The number of carbonyl (C=O) groups excluding carboxylic acids is 1. The smallest absolute Gasteiger partial charge is 0.269 e. The number of aryl methyl sites for hydroxylation is 1. The van der Waals surface area contributed by atoms with E-state index in [4.69, 9.17) is 5.73 Å². The number of allylic oxidation sites excluding steroid dienone is 2. The van der Waals surface area contributed by atoms with Crippen LogP contribution in [0.25, 0.3) is 17.0 Å². The Labute approximate surface area is 189 Å². The summed E-state index contributed by atoms with van der Waals surface area (Å²) in [6.45, 7) is 3.02. The summed E-state index contributed by atoms with van der Waals surface area (Å²) >= 11 is 0. The van der Waals surface area contributed by atoms with Crippen LogP contribution in [0.1, 0.15) is 65.5 Å². The Balaban J connectivity index is 1.76. The average molecular weight is 447 g/mol. The van der Waals surface area contributed by atoms with Gasteiger partial charge in [-0.15, -0.1) is 0 Å². The van der Waals surface area contributed by atoms with Gasteiger partial charge in [-0.2, -0.15) is 0 Å². The zero-order valence-corrected chi connectivity index (χ0v) is 18.3. The van der Waals surface area contributed by atoms with E-state index in [1.807, 2.05) is 6.08 Å². The highest BCUT2D eigenvalue weighted by Gasteiger charge is 2.38. The predicted molar refractivity (Wildman–Crippen MR) is 118 cm³/mol. The van der Waals surface area contributed by atoms with Crippen molar-refractivity contribution < 1.29 is 19.4 Å². The summed E-state index contributed by atoms with van der Waals surface area (Å²) in [5.74, 6) is 4.75. The van der Waals surface area contributed by atoms with Crippen molar-refractivity contribution in [1.29, 1.82) is 0 Å². The molecule has 0 saturated carbocycles. The number of hydrogen-bond acceptors (Lipinski definition) is 5. The van der Waals surface area contributed by atoms with Gasteiger partial charge in [-0.25, -0.2) is 14.4 Å². The second-order valence-electron chi connectivity index (χ2n) is 8.85. The van der Waals surface area contributed by atoms with Gasteiger partial charge in [0.15, 0.2) is 11.8 Å². The van der Waals surface area contributed by atoms with Gasteiger partial charge in [0.25, 0.3) is 5.91 Å². The lowest BCUT2D eigenvalue weighted by Crippen LogP contribution is -2.23. The second-order valence-corrected chi connectivity index (χ2v) is 8.85. The number of hydrogen-bond donors (Lipinski definition) is 3. The van der Waals surface area contributed by atoms with Gasteiger partial charge in [0.05, 0.1) is 17.3 Å². The Morgan fingerprint density at radius 1 is 1.36 bits per heavy atom. The van der Waals surface area contributed by atoms with Gasteiger partial charge in [-0.1, -0.05) is 17.9 Å². The minimum absolute atomic E-state index is 0.0661. The van der Waals surface area contributed by atoms with E-state index in [-0.39, 0.29) is 23.0 Å². The Hall–Kier alpha value is -3.74. The van der Waals surface area contributed by atoms with E-state index in [1.165, 1.54) is 19.9 Å². The van der Waals surface area contributed by atoms with E-state index in [9.17, 15) is 19.4 Å². The molecule has 1 amide bonds. The molecule has 1 aliphatic carbocycles. The first-order valence-corrected chi connectivity index (χ1v) is 10.4. The van der Waals surface area contributed by atoms with Crippen molar-refractivity contribution in [2.75, 3.05) is 0 Å². The first-order valence-electron chi connectivity index (χ1n) is 10.4. The molecule has 9 heteroatoms. The van der Waals surface area contributed by atoms with Crippen molar-refractivity contribution in [3.63, 3.8) is 0 Å². The van der Waals surface area contributed by atoms with Crippen LogP contribution in [0.2, 0.25) is 0 Å². The molecule has 2 bridgehead atoms. The molecule has 1 aromatic carbocycles. The summed E-state index contributed by atoms with van der Waals surface area (Å²) < 4.78 is 18.3. The molecule has 0 fully saturated rings. The lowest BCUT2D eigenvalue weighted by atomic mass is 9.86. The number of aromatic nitrogens is 4. The monoisotopic (exact) mass is 447 g/mol. The summed E-state index contributed by atoms with van der Waals surface area (Å²) in [5.41, 5.74) is 6.79. The van der Waals surface area contributed by atoms with Crippen LogP contribution in [-0.4, -0.2) is 40.8 Å². The van der Waals surface area contributed by atoms with Gasteiger partial charge in [-0.3, -0.25) is 4.79 Å². The van der Waals surface area contributed by atoms with Crippen LogP contribution in [-0.2, 0) is 7.05 Å². The van der Waals surface area contributed by atoms with Crippen LogP contribution in [0.15, 0.2) is 30.6 Å². The van der Waals surface area contributed by atoms with Crippen LogP contribution in [0.5, 0.6) is 0 Å². The first-order chi connectivity index (χ1) is 15.5. The van der Waals surface area contributed by atoms with E-state index >= 15 is 0 Å². The zero-order valence-electron chi connectivity index (χ0n) is 18.3. The maximum absolute atomic E-state index is 14.9. The summed E-state index contributed by atoms with van der Waals surface area (Å²) in [6, 6.07) is 2.78. The fourth-order valence-corrected chi connectivity index (χ4v) is 4.31. The normalized spacial score (nSPS) is 17.0. The number of carbonyl (C=O) groups is 1. The van der Waals surface area contributed by atoms with Gasteiger partial charge in [0.2, 0.25) is 0 Å². The van der Waals surface area contributed by atoms with E-state index in [1.54, 1.807) is 34.6 Å². The topological polar surface area (TPSA) is 119 Å². The highest BCUT2D eigenvalue weighted by molar-refractivity contribution is 5.94. The number of nitrogens with two attached hydrogens (primary N) is 1. The minimum Gasteiger partial charge on any atom is -0.379 e. The van der Waals surface area contributed by atoms with Crippen molar-refractivity contribution >= 4 is 11.5 Å². The number of aliphatic hydroxyl groups excluding tert-OH is 1. The van der Waals surface area contributed by atoms with Gasteiger partial charge in [0, 0.05) is 25.0 Å². The van der Waals surface area contributed by atoms with Crippen LogP contribution in [0.3, 0.4) is 0 Å². The van der Waals surface area contributed by atoms with Crippen molar-refractivity contribution in [1.82, 2.24) is 19.1 Å². The Morgan fingerprint density at radius 2 is 2.09 bits per heavy atom. The molecule has 4 heterocycles. The molecule has 0 saturated heterocycles. The fraction of sp³-hybridized carbons (Fsp3) is 0.292. The highest BCUT2D eigenvalue weighted by atomic mass is 19.1.